The summed E-state index contributed by atoms with van der Waals surface area (Å²) in [5.74, 6) is 1.13. The Morgan fingerprint density at radius 3 is 2.83 bits per heavy atom. The quantitative estimate of drug-likeness (QED) is 0.715. The Bertz CT molecular complexity index is 673. The van der Waals surface area contributed by atoms with Crippen LogP contribution in [0.2, 0.25) is 0 Å². The maximum absolute atomic E-state index is 5.78. The lowest BCUT2D eigenvalue weighted by atomic mass is 10.1. The van der Waals surface area contributed by atoms with E-state index in [0.717, 1.165) is 22.4 Å². The van der Waals surface area contributed by atoms with Crippen molar-refractivity contribution in [1.82, 2.24) is 10.1 Å². The molecule has 2 heterocycles. The van der Waals surface area contributed by atoms with Crippen molar-refractivity contribution >= 4 is 17.0 Å². The minimum absolute atomic E-state index is 0.513. The Morgan fingerprint density at radius 1 is 1.22 bits per heavy atom. The van der Waals surface area contributed by atoms with Crippen LogP contribution in [0.15, 0.2) is 39.5 Å². The summed E-state index contributed by atoms with van der Waals surface area (Å²) < 4.78 is 5.27. The molecule has 0 atom stereocenters. The van der Waals surface area contributed by atoms with Gasteiger partial charge in [-0.3, -0.25) is 0 Å². The van der Waals surface area contributed by atoms with Gasteiger partial charge in [-0.05, 0) is 42.1 Å². The molecule has 0 bridgehead atoms. The van der Waals surface area contributed by atoms with Crippen LogP contribution in [-0.2, 0) is 0 Å². The second kappa shape index (κ2) is 4.27. The van der Waals surface area contributed by atoms with Gasteiger partial charge in [-0.2, -0.15) is 16.3 Å². The molecular formula is C13H11N3OS. The fourth-order valence-corrected chi connectivity index (χ4v) is 2.29. The van der Waals surface area contributed by atoms with Crippen molar-refractivity contribution < 1.29 is 4.52 Å². The zero-order chi connectivity index (χ0) is 12.5. The molecule has 0 aliphatic carbocycles. The van der Waals surface area contributed by atoms with Gasteiger partial charge in [0, 0.05) is 22.2 Å². The molecule has 0 unspecified atom stereocenters. The number of hydrogen-bond donors (Lipinski definition) is 1. The lowest BCUT2D eigenvalue weighted by molar-refractivity contribution is 0.432. The number of anilines is 1. The lowest BCUT2D eigenvalue weighted by Crippen LogP contribution is -1.89. The highest BCUT2D eigenvalue weighted by molar-refractivity contribution is 7.08. The summed E-state index contributed by atoms with van der Waals surface area (Å²) in [6, 6.07) is 7.64. The summed E-state index contributed by atoms with van der Waals surface area (Å²) in [5.41, 5.74) is 9.41. The van der Waals surface area contributed by atoms with Crippen molar-refractivity contribution in [3.05, 3.63) is 40.6 Å². The standard InChI is InChI=1S/C13H11N3OS/c1-8-6-9(2-3-11(8)14)13-15-12(16-17-13)10-4-5-18-7-10/h2-7H,14H2,1H3. The Balaban J connectivity index is 2.00. The van der Waals surface area contributed by atoms with E-state index >= 15 is 0 Å². The Kier molecular flexibility index (Phi) is 2.60. The van der Waals surface area contributed by atoms with Crippen molar-refractivity contribution in [3.8, 4) is 22.8 Å². The van der Waals surface area contributed by atoms with Crippen LogP contribution in [0.3, 0.4) is 0 Å². The third-order valence-electron chi connectivity index (χ3n) is 2.72. The predicted molar refractivity (Wildman–Crippen MR) is 72.2 cm³/mol. The second-order valence-corrected chi connectivity index (χ2v) is 4.79. The van der Waals surface area contributed by atoms with Gasteiger partial charge in [0.2, 0.25) is 5.82 Å². The van der Waals surface area contributed by atoms with Crippen LogP contribution in [0.1, 0.15) is 5.56 Å². The molecular weight excluding hydrogens is 246 g/mol. The van der Waals surface area contributed by atoms with Crippen LogP contribution in [0.5, 0.6) is 0 Å². The first-order valence-electron chi connectivity index (χ1n) is 5.47. The molecule has 0 saturated heterocycles. The summed E-state index contributed by atoms with van der Waals surface area (Å²) in [5, 5.41) is 7.95. The van der Waals surface area contributed by atoms with E-state index in [0.29, 0.717) is 11.7 Å². The first-order valence-corrected chi connectivity index (χ1v) is 6.41. The van der Waals surface area contributed by atoms with E-state index < -0.39 is 0 Å². The van der Waals surface area contributed by atoms with Crippen LogP contribution in [0.4, 0.5) is 5.69 Å². The second-order valence-electron chi connectivity index (χ2n) is 4.01. The smallest absolute Gasteiger partial charge is 0.258 e. The van der Waals surface area contributed by atoms with E-state index in [2.05, 4.69) is 10.1 Å². The number of benzene rings is 1. The van der Waals surface area contributed by atoms with Crippen LogP contribution in [0, 0.1) is 6.92 Å². The highest BCUT2D eigenvalue weighted by Gasteiger charge is 2.11. The number of nitrogen functional groups attached to an aromatic ring is 1. The SMILES string of the molecule is Cc1cc(-c2nc(-c3ccsc3)no2)ccc1N. The van der Waals surface area contributed by atoms with Gasteiger partial charge >= 0.3 is 0 Å². The van der Waals surface area contributed by atoms with E-state index in [1.165, 1.54) is 0 Å². The molecule has 90 valence electrons. The largest absolute Gasteiger partial charge is 0.399 e. The third kappa shape index (κ3) is 1.89. The van der Waals surface area contributed by atoms with E-state index in [4.69, 9.17) is 10.3 Å². The van der Waals surface area contributed by atoms with Crippen molar-refractivity contribution in [2.24, 2.45) is 0 Å². The molecule has 5 heteroatoms. The molecule has 2 N–H and O–H groups in total. The first-order chi connectivity index (χ1) is 8.74. The summed E-state index contributed by atoms with van der Waals surface area (Å²) in [4.78, 5) is 4.38. The fraction of sp³-hybridized carbons (Fsp3) is 0.0769. The number of aromatic nitrogens is 2. The predicted octanol–water partition coefficient (Wildman–Crippen LogP) is 3.36. The molecule has 2 aromatic heterocycles. The monoisotopic (exact) mass is 257 g/mol. The molecule has 18 heavy (non-hydrogen) atoms. The Labute approximate surface area is 108 Å². The fourth-order valence-electron chi connectivity index (χ4n) is 1.66. The van der Waals surface area contributed by atoms with Crippen LogP contribution in [-0.4, -0.2) is 10.1 Å². The number of hydrogen-bond acceptors (Lipinski definition) is 5. The first kappa shape index (κ1) is 11.0. The van der Waals surface area contributed by atoms with Crippen molar-refractivity contribution in [1.29, 1.82) is 0 Å². The minimum Gasteiger partial charge on any atom is -0.399 e. The summed E-state index contributed by atoms with van der Waals surface area (Å²) in [7, 11) is 0. The normalized spacial score (nSPS) is 10.7. The van der Waals surface area contributed by atoms with Gasteiger partial charge in [0.25, 0.3) is 5.89 Å². The van der Waals surface area contributed by atoms with Gasteiger partial charge in [-0.25, -0.2) is 0 Å². The third-order valence-corrected chi connectivity index (χ3v) is 3.41. The molecule has 3 rings (SSSR count). The zero-order valence-corrected chi connectivity index (χ0v) is 10.6. The molecule has 0 radical (unpaired) electrons. The number of rotatable bonds is 2. The molecule has 0 aliphatic rings. The molecule has 0 spiro atoms. The Morgan fingerprint density at radius 2 is 2.11 bits per heavy atom. The summed E-state index contributed by atoms with van der Waals surface area (Å²) in [6.07, 6.45) is 0. The maximum Gasteiger partial charge on any atom is 0.258 e. The topological polar surface area (TPSA) is 64.9 Å². The van der Waals surface area contributed by atoms with E-state index in [1.54, 1.807) is 11.3 Å². The number of nitrogens with zero attached hydrogens (tertiary/aromatic N) is 2. The van der Waals surface area contributed by atoms with E-state index in [9.17, 15) is 0 Å². The average Bonchev–Trinajstić information content (AvgIpc) is 3.01. The highest BCUT2D eigenvalue weighted by atomic mass is 32.1. The highest BCUT2D eigenvalue weighted by Crippen LogP contribution is 2.25. The molecule has 0 fully saturated rings. The lowest BCUT2D eigenvalue weighted by Gasteiger charge is -2.00. The number of nitrogens with two attached hydrogens (primary N) is 1. The van der Waals surface area contributed by atoms with Crippen LogP contribution in [0.25, 0.3) is 22.8 Å². The van der Waals surface area contributed by atoms with Gasteiger partial charge in [0.1, 0.15) is 0 Å². The molecule has 1 aromatic carbocycles. The summed E-state index contributed by atoms with van der Waals surface area (Å²) >= 11 is 1.61. The van der Waals surface area contributed by atoms with Gasteiger partial charge < -0.3 is 10.3 Å². The van der Waals surface area contributed by atoms with Crippen molar-refractivity contribution in [3.63, 3.8) is 0 Å². The van der Waals surface area contributed by atoms with E-state index in [-0.39, 0.29) is 0 Å². The molecule has 0 amide bonds. The molecule has 0 aliphatic heterocycles. The van der Waals surface area contributed by atoms with Gasteiger partial charge in [0.05, 0.1) is 0 Å². The van der Waals surface area contributed by atoms with Crippen molar-refractivity contribution in [2.45, 2.75) is 6.92 Å². The molecule has 4 nitrogen and oxygen atoms in total. The van der Waals surface area contributed by atoms with Crippen LogP contribution < -0.4 is 5.73 Å². The zero-order valence-electron chi connectivity index (χ0n) is 9.75. The van der Waals surface area contributed by atoms with Crippen LogP contribution >= 0.6 is 11.3 Å². The van der Waals surface area contributed by atoms with Crippen molar-refractivity contribution in [2.75, 3.05) is 5.73 Å². The van der Waals surface area contributed by atoms with E-state index in [1.807, 2.05) is 41.9 Å². The summed E-state index contributed by atoms with van der Waals surface area (Å²) in [6.45, 7) is 1.95. The average molecular weight is 257 g/mol. The van der Waals surface area contributed by atoms with Gasteiger partial charge in [0.15, 0.2) is 0 Å². The minimum atomic E-state index is 0.513. The van der Waals surface area contributed by atoms with Gasteiger partial charge in [-0.15, -0.1) is 0 Å². The molecule has 0 saturated carbocycles. The maximum atomic E-state index is 5.78. The number of aryl methyl sites for hydroxylation is 1. The van der Waals surface area contributed by atoms with Gasteiger partial charge in [-0.1, -0.05) is 5.16 Å². The Hall–Kier alpha value is -2.14. The number of thiophene rings is 1. The molecule has 3 aromatic rings.